The Balaban J connectivity index is 1.92. The molecule has 0 aromatic carbocycles. The third-order valence-corrected chi connectivity index (χ3v) is 4.62. The number of H-pyrrole nitrogens is 1. The lowest BCUT2D eigenvalue weighted by molar-refractivity contribution is -0.0948. The lowest BCUT2D eigenvalue weighted by Gasteiger charge is -2.27. The second-order valence-electron chi connectivity index (χ2n) is 6.30. The molecule has 2 aromatic rings. The summed E-state index contributed by atoms with van der Waals surface area (Å²) >= 11 is 0. The minimum atomic E-state index is -1.65. The summed E-state index contributed by atoms with van der Waals surface area (Å²) in [7, 11) is 0. The number of rotatable bonds is 2. The number of hydrogen-bond acceptors (Lipinski definition) is 8. The van der Waals surface area contributed by atoms with E-state index in [1.807, 2.05) is 0 Å². The second-order valence-corrected chi connectivity index (χ2v) is 6.30. The van der Waals surface area contributed by atoms with E-state index < -0.39 is 36.3 Å². The number of hydrogen-bond donors (Lipinski definition) is 6. The largest absolute Gasteiger partial charge is 0.394 e. The van der Waals surface area contributed by atoms with Crippen LogP contribution in [0.15, 0.2) is 11.0 Å². The van der Waals surface area contributed by atoms with Crippen molar-refractivity contribution >= 4 is 22.5 Å². The highest BCUT2D eigenvalue weighted by molar-refractivity contribution is 5.99. The van der Waals surface area contributed by atoms with Crippen LogP contribution in [-0.2, 0) is 4.74 Å². The SMILES string of the molecule is C[C@@]1(O)C(n2cc3c4c([nH]c(=O)nc42)NCCN3)O[C@H](CO)[C@H]1O. The minimum absolute atomic E-state index is 0.321. The van der Waals surface area contributed by atoms with Crippen molar-refractivity contribution < 1.29 is 20.1 Å². The Morgan fingerprint density at radius 3 is 2.92 bits per heavy atom. The number of nitrogens with one attached hydrogen (secondary N) is 3. The van der Waals surface area contributed by atoms with E-state index in [4.69, 9.17) is 4.74 Å². The summed E-state index contributed by atoms with van der Waals surface area (Å²) in [4.78, 5) is 18.6. The monoisotopic (exact) mass is 337 g/mol. The molecule has 0 radical (unpaired) electrons. The van der Waals surface area contributed by atoms with Crippen LogP contribution >= 0.6 is 0 Å². The van der Waals surface area contributed by atoms with Gasteiger partial charge in [0.25, 0.3) is 0 Å². The van der Waals surface area contributed by atoms with Gasteiger partial charge in [-0.05, 0) is 6.92 Å². The molecule has 4 atom stereocenters. The Morgan fingerprint density at radius 2 is 2.21 bits per heavy atom. The van der Waals surface area contributed by atoms with E-state index in [2.05, 4.69) is 20.6 Å². The van der Waals surface area contributed by atoms with Gasteiger partial charge in [-0.25, -0.2) is 4.79 Å². The first-order chi connectivity index (χ1) is 11.4. The zero-order chi connectivity index (χ0) is 17.1. The summed E-state index contributed by atoms with van der Waals surface area (Å²) in [5.74, 6) is 0.542. The highest BCUT2D eigenvalue weighted by Gasteiger charge is 2.53. The molecule has 0 aliphatic carbocycles. The third-order valence-electron chi connectivity index (χ3n) is 4.62. The highest BCUT2D eigenvalue weighted by atomic mass is 16.6. The number of aromatic amines is 1. The fourth-order valence-electron chi connectivity index (χ4n) is 3.39. The van der Waals surface area contributed by atoms with E-state index in [-0.39, 0.29) is 0 Å². The van der Waals surface area contributed by atoms with Gasteiger partial charge in [-0.1, -0.05) is 0 Å². The van der Waals surface area contributed by atoms with E-state index in [0.29, 0.717) is 29.9 Å². The van der Waals surface area contributed by atoms with Gasteiger partial charge in [0.1, 0.15) is 23.6 Å². The van der Waals surface area contributed by atoms with Gasteiger partial charge in [0.15, 0.2) is 11.9 Å². The average molecular weight is 337 g/mol. The number of aliphatic hydroxyl groups is 3. The highest BCUT2D eigenvalue weighted by Crippen LogP contribution is 2.42. The molecule has 24 heavy (non-hydrogen) atoms. The van der Waals surface area contributed by atoms with E-state index in [9.17, 15) is 20.1 Å². The predicted molar refractivity (Wildman–Crippen MR) is 85.0 cm³/mol. The van der Waals surface area contributed by atoms with E-state index in [1.54, 1.807) is 6.20 Å². The summed E-state index contributed by atoms with van der Waals surface area (Å²) in [6.07, 6.45) is -1.50. The van der Waals surface area contributed by atoms with Crippen LogP contribution in [0.2, 0.25) is 0 Å². The summed E-state index contributed by atoms with van der Waals surface area (Å²) in [5.41, 5.74) is -1.13. The second kappa shape index (κ2) is 5.18. The maximum absolute atomic E-state index is 11.9. The Bertz CT molecular complexity index is 844. The van der Waals surface area contributed by atoms with Gasteiger partial charge in [0, 0.05) is 19.3 Å². The smallest absolute Gasteiger partial charge is 0.348 e. The Hall–Kier alpha value is -2.14. The van der Waals surface area contributed by atoms with Crippen LogP contribution in [-0.4, -0.2) is 67.4 Å². The fourth-order valence-corrected chi connectivity index (χ4v) is 3.39. The lowest BCUT2D eigenvalue weighted by Crippen LogP contribution is -2.44. The molecule has 1 saturated heterocycles. The zero-order valence-electron chi connectivity index (χ0n) is 13.0. The summed E-state index contributed by atoms with van der Waals surface area (Å²) < 4.78 is 7.15. The van der Waals surface area contributed by atoms with Crippen molar-refractivity contribution in [2.24, 2.45) is 0 Å². The zero-order valence-corrected chi connectivity index (χ0v) is 13.0. The van der Waals surface area contributed by atoms with Crippen LogP contribution in [0.5, 0.6) is 0 Å². The maximum Gasteiger partial charge on any atom is 0.348 e. The molecule has 10 nitrogen and oxygen atoms in total. The van der Waals surface area contributed by atoms with Crippen LogP contribution in [0.1, 0.15) is 13.2 Å². The molecule has 0 saturated carbocycles. The van der Waals surface area contributed by atoms with Gasteiger partial charge in [-0.3, -0.25) is 4.98 Å². The topological polar surface area (TPSA) is 145 Å². The summed E-state index contributed by atoms with van der Waals surface area (Å²) in [6, 6.07) is 0. The normalized spacial score (nSPS) is 32.4. The van der Waals surface area contributed by atoms with E-state index in [1.165, 1.54) is 11.5 Å². The van der Waals surface area contributed by atoms with Crippen molar-refractivity contribution in [1.29, 1.82) is 0 Å². The predicted octanol–water partition coefficient (Wildman–Crippen LogP) is -1.44. The molecular formula is C14H19N5O5. The molecular weight excluding hydrogens is 318 g/mol. The Kier molecular flexibility index (Phi) is 3.32. The molecule has 2 aliphatic heterocycles. The van der Waals surface area contributed by atoms with Crippen LogP contribution in [0.25, 0.3) is 11.0 Å². The molecule has 0 amide bonds. The number of nitrogens with zero attached hydrogens (tertiary/aromatic N) is 2. The molecule has 4 rings (SSSR count). The number of anilines is 2. The molecule has 1 unspecified atom stereocenters. The molecule has 10 heteroatoms. The average Bonchev–Trinajstić information content (AvgIpc) is 2.89. The van der Waals surface area contributed by atoms with Gasteiger partial charge in [0.05, 0.1) is 17.7 Å². The third kappa shape index (κ3) is 2.04. The first kappa shape index (κ1) is 15.4. The van der Waals surface area contributed by atoms with Gasteiger partial charge in [0.2, 0.25) is 0 Å². The van der Waals surface area contributed by atoms with Crippen molar-refractivity contribution in [3.63, 3.8) is 0 Å². The van der Waals surface area contributed by atoms with Crippen LogP contribution in [0, 0.1) is 0 Å². The van der Waals surface area contributed by atoms with E-state index >= 15 is 0 Å². The van der Waals surface area contributed by atoms with Gasteiger partial charge in [-0.15, -0.1) is 0 Å². The number of aromatic nitrogens is 3. The van der Waals surface area contributed by atoms with Crippen molar-refractivity contribution in [3.05, 3.63) is 16.7 Å². The van der Waals surface area contributed by atoms with Crippen LogP contribution in [0.4, 0.5) is 11.5 Å². The van der Waals surface area contributed by atoms with Gasteiger partial charge < -0.3 is 35.3 Å². The number of aliphatic hydroxyl groups excluding tert-OH is 2. The van der Waals surface area contributed by atoms with Crippen LogP contribution < -0.4 is 16.3 Å². The molecule has 130 valence electrons. The maximum atomic E-state index is 11.9. The first-order valence-electron chi connectivity index (χ1n) is 7.73. The summed E-state index contributed by atoms with van der Waals surface area (Å²) in [5, 5.41) is 37.2. The van der Waals surface area contributed by atoms with Crippen molar-refractivity contribution in [1.82, 2.24) is 14.5 Å². The molecule has 0 spiro atoms. The molecule has 0 bridgehead atoms. The molecule has 1 fully saturated rings. The standard InChI is InChI=1S/C14H19N5O5/c1-14(23)9(21)7(5-20)24-12(14)19-4-6-8-10(16-3-2-15-6)17-13(22)18-11(8)19/h4,7,9,12,15,20-21,23H,2-3,5H2,1H3,(H2,16,17,18,22)/t7-,9-,12?,14+/m1/s1. The fraction of sp³-hybridized carbons (Fsp3) is 0.571. The molecule has 2 aromatic heterocycles. The lowest BCUT2D eigenvalue weighted by atomic mass is 9.96. The number of ether oxygens (including phenoxy) is 1. The van der Waals surface area contributed by atoms with Gasteiger partial charge in [-0.2, -0.15) is 4.98 Å². The molecule has 4 heterocycles. The van der Waals surface area contributed by atoms with Crippen LogP contribution in [0.3, 0.4) is 0 Å². The van der Waals surface area contributed by atoms with E-state index in [0.717, 1.165) is 5.69 Å². The summed E-state index contributed by atoms with van der Waals surface area (Å²) in [6.45, 7) is 2.26. The van der Waals surface area contributed by atoms with Gasteiger partial charge >= 0.3 is 5.69 Å². The van der Waals surface area contributed by atoms with Crippen molar-refractivity contribution in [2.45, 2.75) is 31.0 Å². The molecule has 6 N–H and O–H groups in total. The minimum Gasteiger partial charge on any atom is -0.394 e. The molecule has 2 aliphatic rings. The quantitative estimate of drug-likeness (QED) is 0.391. The first-order valence-corrected chi connectivity index (χ1v) is 7.73. The van der Waals surface area contributed by atoms with Crippen molar-refractivity contribution in [2.75, 3.05) is 30.3 Å². The Morgan fingerprint density at radius 1 is 1.46 bits per heavy atom. The van der Waals surface area contributed by atoms with Crippen molar-refractivity contribution in [3.8, 4) is 0 Å². The Labute approximate surface area is 136 Å².